The van der Waals surface area contributed by atoms with Gasteiger partial charge in [-0.3, -0.25) is 4.90 Å². The predicted molar refractivity (Wildman–Crippen MR) is 104 cm³/mol. The first kappa shape index (κ1) is 18.5. The molecular weight excluding hydrogens is 328 g/mol. The van der Waals surface area contributed by atoms with Gasteiger partial charge in [0.15, 0.2) is 0 Å². The first-order chi connectivity index (χ1) is 12.6. The van der Waals surface area contributed by atoms with Crippen LogP contribution in [0.4, 0.5) is 5.69 Å². The molecule has 5 nitrogen and oxygen atoms in total. The van der Waals surface area contributed by atoms with Crippen molar-refractivity contribution in [1.29, 1.82) is 0 Å². The van der Waals surface area contributed by atoms with E-state index in [2.05, 4.69) is 41.0 Å². The number of aliphatic hydroxyl groups is 1. The number of ether oxygens (including phenoxy) is 2. The Balaban J connectivity index is 1.41. The van der Waals surface area contributed by atoms with E-state index in [-0.39, 0.29) is 6.61 Å². The summed E-state index contributed by atoms with van der Waals surface area (Å²) in [6.07, 6.45) is -0.507. The van der Waals surface area contributed by atoms with Gasteiger partial charge < -0.3 is 19.5 Å². The minimum Gasteiger partial charge on any atom is -0.497 e. The van der Waals surface area contributed by atoms with Crippen molar-refractivity contribution >= 4 is 5.69 Å². The van der Waals surface area contributed by atoms with Crippen LogP contribution in [-0.4, -0.2) is 62.6 Å². The molecule has 0 amide bonds. The molecule has 0 aliphatic carbocycles. The third kappa shape index (κ3) is 5.13. The molecule has 5 heteroatoms. The Morgan fingerprint density at radius 1 is 1.00 bits per heavy atom. The summed E-state index contributed by atoms with van der Waals surface area (Å²) in [4.78, 5) is 4.69. The number of piperazine rings is 1. The van der Waals surface area contributed by atoms with Gasteiger partial charge in [-0.25, -0.2) is 0 Å². The standard InChI is InChI=1S/C21H28N2O3/c1-17-6-8-18(9-7-17)23-12-10-22(11-13-23)15-19(24)16-26-21-5-3-4-20(14-21)25-2/h3-9,14,19,24H,10-13,15-16H2,1-2H3. The van der Waals surface area contributed by atoms with Gasteiger partial charge in [0, 0.05) is 44.5 Å². The van der Waals surface area contributed by atoms with Gasteiger partial charge >= 0.3 is 0 Å². The van der Waals surface area contributed by atoms with Crippen molar-refractivity contribution in [1.82, 2.24) is 4.90 Å². The van der Waals surface area contributed by atoms with Crippen LogP contribution in [0.1, 0.15) is 5.56 Å². The van der Waals surface area contributed by atoms with E-state index >= 15 is 0 Å². The minimum atomic E-state index is -0.507. The molecule has 1 saturated heterocycles. The normalized spacial score (nSPS) is 16.3. The zero-order chi connectivity index (χ0) is 18.4. The van der Waals surface area contributed by atoms with Gasteiger partial charge in [0.2, 0.25) is 0 Å². The van der Waals surface area contributed by atoms with Gasteiger partial charge in [-0.1, -0.05) is 23.8 Å². The monoisotopic (exact) mass is 356 g/mol. The van der Waals surface area contributed by atoms with Crippen molar-refractivity contribution in [3.63, 3.8) is 0 Å². The summed E-state index contributed by atoms with van der Waals surface area (Å²) in [5.74, 6) is 1.47. The highest BCUT2D eigenvalue weighted by Crippen LogP contribution is 2.19. The lowest BCUT2D eigenvalue weighted by molar-refractivity contribution is 0.0662. The number of β-amino-alcohol motifs (C(OH)–C–C–N with tert-alkyl or cyclic N) is 1. The molecule has 0 aromatic heterocycles. The second kappa shape index (κ2) is 8.92. The molecule has 0 spiro atoms. The van der Waals surface area contributed by atoms with Crippen molar-refractivity contribution in [3.8, 4) is 11.5 Å². The number of methoxy groups -OCH3 is 1. The number of nitrogens with zero attached hydrogens (tertiary/aromatic N) is 2. The maximum atomic E-state index is 10.3. The first-order valence-corrected chi connectivity index (χ1v) is 9.13. The summed E-state index contributed by atoms with van der Waals surface area (Å²) >= 11 is 0. The lowest BCUT2D eigenvalue weighted by atomic mass is 10.2. The lowest BCUT2D eigenvalue weighted by Gasteiger charge is -2.36. The molecule has 0 bridgehead atoms. The quantitative estimate of drug-likeness (QED) is 0.826. The minimum absolute atomic E-state index is 0.283. The summed E-state index contributed by atoms with van der Waals surface area (Å²) in [5.41, 5.74) is 2.56. The van der Waals surface area contributed by atoms with E-state index in [1.165, 1.54) is 11.3 Å². The second-order valence-electron chi connectivity index (χ2n) is 6.77. The highest BCUT2D eigenvalue weighted by atomic mass is 16.5. The van der Waals surface area contributed by atoms with E-state index in [0.717, 1.165) is 31.9 Å². The van der Waals surface area contributed by atoms with Crippen molar-refractivity contribution < 1.29 is 14.6 Å². The number of aliphatic hydroxyl groups excluding tert-OH is 1. The van der Waals surface area contributed by atoms with Crippen LogP contribution < -0.4 is 14.4 Å². The second-order valence-corrected chi connectivity index (χ2v) is 6.77. The molecule has 3 rings (SSSR count). The summed E-state index contributed by atoms with van der Waals surface area (Å²) in [5, 5.41) is 10.3. The van der Waals surface area contributed by atoms with E-state index in [1.807, 2.05) is 24.3 Å². The zero-order valence-corrected chi connectivity index (χ0v) is 15.6. The van der Waals surface area contributed by atoms with Crippen LogP contribution in [0.15, 0.2) is 48.5 Å². The maximum absolute atomic E-state index is 10.3. The van der Waals surface area contributed by atoms with E-state index in [9.17, 15) is 5.11 Å². The fraction of sp³-hybridized carbons (Fsp3) is 0.429. The highest BCUT2D eigenvalue weighted by molar-refractivity contribution is 5.47. The van der Waals surface area contributed by atoms with E-state index in [0.29, 0.717) is 12.3 Å². The van der Waals surface area contributed by atoms with E-state index in [4.69, 9.17) is 9.47 Å². The van der Waals surface area contributed by atoms with Crippen molar-refractivity contribution in [2.24, 2.45) is 0 Å². The Hall–Kier alpha value is -2.24. The van der Waals surface area contributed by atoms with Gasteiger partial charge in [-0.15, -0.1) is 0 Å². The molecule has 0 radical (unpaired) electrons. The molecule has 2 aromatic rings. The average molecular weight is 356 g/mol. The third-order valence-corrected chi connectivity index (χ3v) is 4.72. The summed E-state index contributed by atoms with van der Waals surface area (Å²) in [7, 11) is 1.63. The Morgan fingerprint density at radius 3 is 2.38 bits per heavy atom. The van der Waals surface area contributed by atoms with Crippen LogP contribution in [0.25, 0.3) is 0 Å². The number of aryl methyl sites for hydroxylation is 1. The van der Waals surface area contributed by atoms with Crippen molar-refractivity contribution in [2.75, 3.05) is 51.3 Å². The Morgan fingerprint density at radius 2 is 1.69 bits per heavy atom. The third-order valence-electron chi connectivity index (χ3n) is 4.72. The predicted octanol–water partition coefficient (Wildman–Crippen LogP) is 2.57. The molecule has 1 N–H and O–H groups in total. The van der Waals surface area contributed by atoms with Gasteiger partial charge in [-0.2, -0.15) is 0 Å². The molecule has 2 aromatic carbocycles. The number of hydrogen-bond acceptors (Lipinski definition) is 5. The van der Waals surface area contributed by atoms with Crippen molar-refractivity contribution in [3.05, 3.63) is 54.1 Å². The Bertz CT molecular complexity index is 682. The molecule has 1 atom stereocenters. The topological polar surface area (TPSA) is 45.2 Å². The van der Waals surface area contributed by atoms with E-state index in [1.54, 1.807) is 7.11 Å². The molecule has 140 valence electrons. The van der Waals surface area contributed by atoms with Gasteiger partial charge in [0.1, 0.15) is 24.2 Å². The van der Waals surface area contributed by atoms with Crippen LogP contribution in [0.2, 0.25) is 0 Å². The largest absolute Gasteiger partial charge is 0.497 e. The molecular formula is C21H28N2O3. The fourth-order valence-electron chi connectivity index (χ4n) is 3.18. The van der Waals surface area contributed by atoms with Crippen molar-refractivity contribution in [2.45, 2.75) is 13.0 Å². The summed E-state index contributed by atoms with van der Waals surface area (Å²) < 4.78 is 10.9. The highest BCUT2D eigenvalue weighted by Gasteiger charge is 2.19. The first-order valence-electron chi connectivity index (χ1n) is 9.13. The molecule has 1 fully saturated rings. The summed E-state index contributed by atoms with van der Waals surface area (Å²) in [6, 6.07) is 16.1. The molecule has 1 aliphatic rings. The summed E-state index contributed by atoms with van der Waals surface area (Å²) in [6.45, 7) is 6.88. The van der Waals surface area contributed by atoms with Gasteiger partial charge in [-0.05, 0) is 31.2 Å². The van der Waals surface area contributed by atoms with Gasteiger partial charge in [0.05, 0.1) is 7.11 Å². The van der Waals surface area contributed by atoms with Crippen LogP contribution in [0.5, 0.6) is 11.5 Å². The molecule has 26 heavy (non-hydrogen) atoms. The molecule has 1 unspecified atom stereocenters. The fourth-order valence-corrected chi connectivity index (χ4v) is 3.18. The van der Waals surface area contributed by atoms with Crippen LogP contribution >= 0.6 is 0 Å². The molecule has 0 saturated carbocycles. The number of anilines is 1. The molecule has 1 aliphatic heterocycles. The SMILES string of the molecule is COc1cccc(OCC(O)CN2CCN(c3ccc(C)cc3)CC2)c1. The average Bonchev–Trinajstić information content (AvgIpc) is 2.68. The Kier molecular flexibility index (Phi) is 6.36. The van der Waals surface area contributed by atoms with Crippen LogP contribution in [0, 0.1) is 6.92 Å². The van der Waals surface area contributed by atoms with Crippen LogP contribution in [-0.2, 0) is 0 Å². The zero-order valence-electron chi connectivity index (χ0n) is 15.6. The van der Waals surface area contributed by atoms with Crippen LogP contribution in [0.3, 0.4) is 0 Å². The van der Waals surface area contributed by atoms with E-state index < -0.39 is 6.10 Å². The molecule has 1 heterocycles. The van der Waals surface area contributed by atoms with Gasteiger partial charge in [0.25, 0.3) is 0 Å². The Labute approximate surface area is 155 Å². The smallest absolute Gasteiger partial charge is 0.123 e. The number of benzene rings is 2. The maximum Gasteiger partial charge on any atom is 0.123 e. The number of rotatable bonds is 7. The lowest BCUT2D eigenvalue weighted by Crippen LogP contribution is -2.49. The number of hydrogen-bond donors (Lipinski definition) is 1.